The van der Waals surface area contributed by atoms with Crippen molar-refractivity contribution in [2.45, 2.75) is 13.0 Å². The van der Waals surface area contributed by atoms with Crippen molar-refractivity contribution >= 4 is 5.69 Å². The maximum Gasteiger partial charge on any atom is 0.146 e. The molecule has 78 valence electrons. The van der Waals surface area contributed by atoms with Crippen LogP contribution in [-0.4, -0.2) is 29.5 Å². The third kappa shape index (κ3) is 2.97. The van der Waals surface area contributed by atoms with Crippen molar-refractivity contribution in [1.82, 2.24) is 0 Å². The summed E-state index contributed by atoms with van der Waals surface area (Å²) in [5.41, 5.74) is 1.18. The Bertz CT molecular complexity index is 304. The van der Waals surface area contributed by atoms with Crippen LogP contribution in [0.2, 0.25) is 0 Å². The highest BCUT2D eigenvalue weighted by Gasteiger charge is 2.04. The van der Waals surface area contributed by atoms with E-state index in [0.717, 1.165) is 5.56 Å². The summed E-state index contributed by atoms with van der Waals surface area (Å²) < 4.78 is 13.2. The summed E-state index contributed by atoms with van der Waals surface area (Å²) in [4.78, 5) is 0. The van der Waals surface area contributed by atoms with E-state index in [2.05, 4.69) is 5.32 Å². The van der Waals surface area contributed by atoms with Crippen molar-refractivity contribution < 1.29 is 14.6 Å². The van der Waals surface area contributed by atoms with Crippen LogP contribution in [0.1, 0.15) is 5.56 Å². The number of aliphatic hydroxyl groups excluding tert-OH is 2. The first kappa shape index (κ1) is 10.9. The van der Waals surface area contributed by atoms with Gasteiger partial charge in [0.2, 0.25) is 0 Å². The first-order chi connectivity index (χ1) is 6.63. The highest BCUT2D eigenvalue weighted by molar-refractivity contribution is 5.46. The number of aryl methyl sites for hydroxylation is 1. The van der Waals surface area contributed by atoms with Crippen molar-refractivity contribution in [1.29, 1.82) is 0 Å². The van der Waals surface area contributed by atoms with Gasteiger partial charge in [0.05, 0.1) is 18.4 Å². The Morgan fingerprint density at radius 2 is 2.21 bits per heavy atom. The van der Waals surface area contributed by atoms with Gasteiger partial charge in [-0.25, -0.2) is 4.39 Å². The van der Waals surface area contributed by atoms with Gasteiger partial charge in [-0.1, -0.05) is 6.07 Å². The number of hydrogen-bond acceptors (Lipinski definition) is 3. The molecule has 1 aromatic carbocycles. The minimum atomic E-state index is -0.865. The number of aliphatic hydroxyl groups is 2. The number of rotatable bonds is 4. The molecule has 0 spiro atoms. The third-order valence-corrected chi connectivity index (χ3v) is 1.86. The second kappa shape index (κ2) is 4.93. The summed E-state index contributed by atoms with van der Waals surface area (Å²) >= 11 is 0. The van der Waals surface area contributed by atoms with Crippen molar-refractivity contribution in [3.63, 3.8) is 0 Å². The molecule has 0 aliphatic rings. The zero-order valence-corrected chi connectivity index (χ0v) is 8.00. The molecule has 3 N–H and O–H groups in total. The predicted molar refractivity (Wildman–Crippen MR) is 52.7 cm³/mol. The van der Waals surface area contributed by atoms with Gasteiger partial charge in [-0.3, -0.25) is 0 Å². The highest BCUT2D eigenvalue weighted by atomic mass is 19.1. The number of halogens is 1. The van der Waals surface area contributed by atoms with Crippen LogP contribution >= 0.6 is 0 Å². The Hall–Kier alpha value is -1.13. The molecule has 0 unspecified atom stereocenters. The average molecular weight is 199 g/mol. The van der Waals surface area contributed by atoms with E-state index in [-0.39, 0.29) is 19.0 Å². The maximum absolute atomic E-state index is 13.2. The Kier molecular flexibility index (Phi) is 3.85. The van der Waals surface area contributed by atoms with Crippen LogP contribution in [-0.2, 0) is 0 Å². The molecular formula is C10H14FNO2. The molecule has 1 aromatic rings. The fourth-order valence-electron chi connectivity index (χ4n) is 1.06. The van der Waals surface area contributed by atoms with Crippen LogP contribution in [0.4, 0.5) is 10.1 Å². The van der Waals surface area contributed by atoms with Crippen LogP contribution in [0.25, 0.3) is 0 Å². The molecule has 4 heteroatoms. The lowest BCUT2D eigenvalue weighted by Crippen LogP contribution is -2.23. The van der Waals surface area contributed by atoms with E-state index < -0.39 is 6.10 Å². The largest absolute Gasteiger partial charge is 0.394 e. The van der Waals surface area contributed by atoms with Gasteiger partial charge in [0.1, 0.15) is 5.82 Å². The molecule has 0 fully saturated rings. The molecule has 0 amide bonds. The second-order valence-corrected chi connectivity index (χ2v) is 3.20. The molecule has 0 heterocycles. The Morgan fingerprint density at radius 1 is 1.50 bits per heavy atom. The third-order valence-electron chi connectivity index (χ3n) is 1.86. The van der Waals surface area contributed by atoms with E-state index in [1.165, 1.54) is 6.07 Å². The van der Waals surface area contributed by atoms with Gasteiger partial charge >= 0.3 is 0 Å². The van der Waals surface area contributed by atoms with Crippen LogP contribution in [0.3, 0.4) is 0 Å². The fourth-order valence-corrected chi connectivity index (χ4v) is 1.06. The van der Waals surface area contributed by atoms with Crippen molar-refractivity contribution in [2.24, 2.45) is 0 Å². The molecule has 0 saturated heterocycles. The molecule has 0 bridgehead atoms. The Balaban J connectivity index is 2.59. The van der Waals surface area contributed by atoms with Crippen molar-refractivity contribution in [3.8, 4) is 0 Å². The molecule has 0 aromatic heterocycles. The van der Waals surface area contributed by atoms with Gasteiger partial charge in [-0.15, -0.1) is 0 Å². The van der Waals surface area contributed by atoms with Crippen molar-refractivity contribution in [3.05, 3.63) is 29.6 Å². The van der Waals surface area contributed by atoms with Gasteiger partial charge in [0, 0.05) is 6.54 Å². The van der Waals surface area contributed by atoms with Crippen LogP contribution in [0.15, 0.2) is 18.2 Å². The first-order valence-corrected chi connectivity index (χ1v) is 4.42. The van der Waals surface area contributed by atoms with E-state index in [9.17, 15) is 4.39 Å². The van der Waals surface area contributed by atoms with Crippen LogP contribution in [0.5, 0.6) is 0 Å². The van der Waals surface area contributed by atoms with Gasteiger partial charge in [0.25, 0.3) is 0 Å². The summed E-state index contributed by atoms with van der Waals surface area (Å²) in [6.45, 7) is 1.60. The standard InChI is InChI=1S/C10H14FNO2/c1-7-2-3-10(9(11)4-7)12-5-8(14)6-13/h2-4,8,12-14H,5-6H2,1H3/t8-/m0/s1. The normalized spacial score (nSPS) is 12.6. The van der Waals surface area contributed by atoms with Gasteiger partial charge in [-0.2, -0.15) is 0 Å². The topological polar surface area (TPSA) is 52.5 Å². The maximum atomic E-state index is 13.2. The quantitative estimate of drug-likeness (QED) is 0.675. The zero-order chi connectivity index (χ0) is 10.6. The summed E-state index contributed by atoms with van der Waals surface area (Å²) in [5.74, 6) is -0.352. The summed E-state index contributed by atoms with van der Waals surface area (Å²) in [6, 6.07) is 4.79. The van der Waals surface area contributed by atoms with Crippen molar-refractivity contribution in [2.75, 3.05) is 18.5 Å². The van der Waals surface area contributed by atoms with Gasteiger partial charge in [0.15, 0.2) is 0 Å². The molecule has 0 aliphatic carbocycles. The van der Waals surface area contributed by atoms with Crippen LogP contribution < -0.4 is 5.32 Å². The zero-order valence-electron chi connectivity index (χ0n) is 8.00. The lowest BCUT2D eigenvalue weighted by molar-refractivity contribution is 0.105. The van der Waals surface area contributed by atoms with E-state index >= 15 is 0 Å². The summed E-state index contributed by atoms with van der Waals surface area (Å²) in [7, 11) is 0. The molecule has 0 aliphatic heterocycles. The molecule has 0 radical (unpaired) electrons. The lowest BCUT2D eigenvalue weighted by atomic mass is 10.2. The predicted octanol–water partition coefficient (Wildman–Crippen LogP) is 0.899. The lowest BCUT2D eigenvalue weighted by Gasteiger charge is -2.11. The molecule has 1 atom stereocenters. The summed E-state index contributed by atoms with van der Waals surface area (Å²) in [5, 5.41) is 20.3. The molecular weight excluding hydrogens is 185 g/mol. The molecule has 3 nitrogen and oxygen atoms in total. The van der Waals surface area contributed by atoms with E-state index in [1.807, 2.05) is 0 Å². The number of anilines is 1. The minimum absolute atomic E-state index is 0.135. The van der Waals surface area contributed by atoms with E-state index in [0.29, 0.717) is 5.69 Å². The molecule has 1 rings (SSSR count). The Morgan fingerprint density at radius 3 is 2.79 bits per heavy atom. The SMILES string of the molecule is Cc1ccc(NC[C@H](O)CO)c(F)c1. The number of benzene rings is 1. The monoisotopic (exact) mass is 199 g/mol. The fraction of sp³-hybridized carbons (Fsp3) is 0.400. The van der Waals surface area contributed by atoms with Gasteiger partial charge in [-0.05, 0) is 24.6 Å². The van der Waals surface area contributed by atoms with Crippen LogP contribution in [0, 0.1) is 12.7 Å². The molecule has 14 heavy (non-hydrogen) atoms. The summed E-state index contributed by atoms with van der Waals surface area (Å²) in [6.07, 6.45) is -0.865. The van der Waals surface area contributed by atoms with E-state index in [1.54, 1.807) is 19.1 Å². The van der Waals surface area contributed by atoms with E-state index in [4.69, 9.17) is 10.2 Å². The smallest absolute Gasteiger partial charge is 0.146 e. The average Bonchev–Trinajstić information content (AvgIpc) is 2.16. The molecule has 0 saturated carbocycles. The van der Waals surface area contributed by atoms with Gasteiger partial charge < -0.3 is 15.5 Å². The second-order valence-electron chi connectivity index (χ2n) is 3.20. The highest BCUT2D eigenvalue weighted by Crippen LogP contribution is 2.14. The number of hydrogen-bond donors (Lipinski definition) is 3. The first-order valence-electron chi connectivity index (χ1n) is 4.42. The Labute approximate surface area is 82.2 Å². The minimum Gasteiger partial charge on any atom is -0.394 e. The number of nitrogens with one attached hydrogen (secondary N) is 1.